The van der Waals surface area contributed by atoms with Gasteiger partial charge in [-0.2, -0.15) is 4.21 Å². The van der Waals surface area contributed by atoms with Gasteiger partial charge in [0, 0.05) is 0 Å². The van der Waals surface area contributed by atoms with Gasteiger partial charge in [0.15, 0.2) is 0 Å². The first kappa shape index (κ1) is 19.6. The van der Waals surface area contributed by atoms with Crippen LogP contribution in [0.4, 0.5) is 0 Å². The third-order valence-corrected chi connectivity index (χ3v) is 5.21. The predicted molar refractivity (Wildman–Crippen MR) is 107 cm³/mol. The Morgan fingerprint density at radius 2 is 1.63 bits per heavy atom. The molecule has 3 atom stereocenters. The number of hydrogen-bond acceptors (Lipinski definition) is 4. The van der Waals surface area contributed by atoms with Crippen LogP contribution in [0.5, 0.6) is 5.75 Å². The van der Waals surface area contributed by atoms with Crippen LogP contribution in [0.15, 0.2) is 54.6 Å². The van der Waals surface area contributed by atoms with Crippen LogP contribution >= 0.6 is 0 Å². The maximum Gasteiger partial charge on any atom is 0.305 e. The fourth-order valence-electron chi connectivity index (χ4n) is 3.12. The largest absolute Gasteiger partial charge is 0.488 e. The van der Waals surface area contributed by atoms with Gasteiger partial charge in [0.05, 0.1) is 0 Å². The second-order valence-corrected chi connectivity index (χ2v) is 7.20. The van der Waals surface area contributed by atoms with Gasteiger partial charge in [0.25, 0.3) is 0 Å². The van der Waals surface area contributed by atoms with Gasteiger partial charge in [-0.15, -0.1) is 5.92 Å². The molecule has 3 rings (SSSR count). The molecule has 4 nitrogen and oxygen atoms in total. The zero-order valence-corrected chi connectivity index (χ0v) is 16.2. The molecule has 27 heavy (non-hydrogen) atoms. The van der Waals surface area contributed by atoms with E-state index in [4.69, 9.17) is 13.1 Å². The van der Waals surface area contributed by atoms with Crippen molar-refractivity contribution < 1.29 is 17.3 Å². The summed E-state index contributed by atoms with van der Waals surface area (Å²) in [5, 5.41) is 0. The van der Waals surface area contributed by atoms with E-state index in [0.29, 0.717) is 0 Å². The van der Waals surface area contributed by atoms with Crippen LogP contribution in [0.3, 0.4) is 0 Å². The van der Waals surface area contributed by atoms with Crippen LogP contribution in [-0.4, -0.2) is 23.0 Å². The summed E-state index contributed by atoms with van der Waals surface area (Å²) in [6, 6.07) is 18.3. The SMILES string of the molecule is CC#CCOS(=O)OC1CCCCC1Oc1ccc(-c2ccccc2)cc1. The van der Waals surface area contributed by atoms with Gasteiger partial charge in [0.1, 0.15) is 24.6 Å². The Balaban J connectivity index is 1.60. The number of benzene rings is 2. The van der Waals surface area contributed by atoms with Crippen molar-refractivity contribution in [2.75, 3.05) is 6.61 Å². The summed E-state index contributed by atoms with van der Waals surface area (Å²) >= 11 is -1.81. The first-order valence-electron chi connectivity index (χ1n) is 9.20. The van der Waals surface area contributed by atoms with Gasteiger partial charge in [-0.3, -0.25) is 8.37 Å². The second-order valence-electron chi connectivity index (χ2n) is 6.36. The minimum Gasteiger partial charge on any atom is -0.488 e. The maximum absolute atomic E-state index is 11.9. The molecule has 2 aromatic carbocycles. The Bertz CT molecular complexity index is 793. The van der Waals surface area contributed by atoms with Crippen molar-refractivity contribution in [3.8, 4) is 28.7 Å². The van der Waals surface area contributed by atoms with E-state index in [1.165, 1.54) is 5.56 Å². The Hall–Kier alpha value is -2.13. The Morgan fingerprint density at radius 3 is 2.33 bits per heavy atom. The molecule has 0 heterocycles. The maximum atomic E-state index is 11.9. The van der Waals surface area contributed by atoms with Gasteiger partial charge >= 0.3 is 11.4 Å². The minimum absolute atomic E-state index is 0.0995. The molecule has 0 N–H and O–H groups in total. The zero-order chi connectivity index (χ0) is 18.9. The molecule has 0 bridgehead atoms. The lowest BCUT2D eigenvalue weighted by Crippen LogP contribution is -2.37. The van der Waals surface area contributed by atoms with Crippen molar-refractivity contribution in [3.05, 3.63) is 54.6 Å². The Morgan fingerprint density at radius 1 is 0.963 bits per heavy atom. The summed E-state index contributed by atoms with van der Waals surface area (Å²) in [6.45, 7) is 1.81. The van der Waals surface area contributed by atoms with E-state index in [0.717, 1.165) is 37.0 Å². The summed E-state index contributed by atoms with van der Waals surface area (Å²) in [7, 11) is 0. The molecule has 5 heteroatoms. The Kier molecular flexibility index (Phi) is 7.46. The van der Waals surface area contributed by atoms with E-state index < -0.39 is 11.4 Å². The molecule has 2 aromatic rings. The van der Waals surface area contributed by atoms with Gasteiger partial charge in [-0.05, 0) is 49.4 Å². The molecule has 142 valence electrons. The fraction of sp³-hybridized carbons (Fsp3) is 0.364. The number of ether oxygens (including phenoxy) is 1. The molecule has 3 unspecified atom stereocenters. The molecule has 0 aromatic heterocycles. The summed E-state index contributed by atoms with van der Waals surface area (Å²) in [4.78, 5) is 0. The standard InChI is InChI=1S/C22H24O4S/c1-2-3-17-24-27(23)26-22-12-8-7-11-21(22)25-20-15-13-19(14-16-20)18-9-5-4-6-10-18/h4-6,9-10,13-16,21-22H,7-8,11-12,17H2,1H3. The number of hydrogen-bond donors (Lipinski definition) is 0. The van der Waals surface area contributed by atoms with Crippen LogP contribution in [0.2, 0.25) is 0 Å². The third-order valence-electron chi connectivity index (χ3n) is 4.50. The lowest BCUT2D eigenvalue weighted by atomic mass is 9.95. The predicted octanol–water partition coefficient (Wildman–Crippen LogP) is 4.68. The zero-order valence-electron chi connectivity index (χ0n) is 15.4. The molecule has 0 saturated heterocycles. The molecular weight excluding hydrogens is 360 g/mol. The van der Waals surface area contributed by atoms with E-state index in [1.54, 1.807) is 6.92 Å². The lowest BCUT2D eigenvalue weighted by molar-refractivity contribution is 0.0239. The molecular formula is C22H24O4S. The third kappa shape index (κ3) is 5.93. The van der Waals surface area contributed by atoms with Crippen molar-refractivity contribution in [1.82, 2.24) is 0 Å². The molecule has 0 spiro atoms. The van der Waals surface area contributed by atoms with Crippen molar-refractivity contribution in [2.24, 2.45) is 0 Å². The minimum atomic E-state index is -1.81. The van der Waals surface area contributed by atoms with Crippen LogP contribution in [0.25, 0.3) is 11.1 Å². The van der Waals surface area contributed by atoms with Crippen molar-refractivity contribution >= 4 is 11.4 Å². The van der Waals surface area contributed by atoms with Gasteiger partial charge in [0.2, 0.25) is 0 Å². The molecule has 0 aliphatic heterocycles. The van der Waals surface area contributed by atoms with E-state index in [-0.39, 0.29) is 18.8 Å². The smallest absolute Gasteiger partial charge is 0.305 e. The van der Waals surface area contributed by atoms with Crippen LogP contribution in [-0.2, 0) is 19.7 Å². The molecule has 0 amide bonds. The molecule has 1 saturated carbocycles. The molecule has 1 fully saturated rings. The first-order chi connectivity index (χ1) is 13.3. The summed E-state index contributed by atoms with van der Waals surface area (Å²) in [5.41, 5.74) is 2.32. The van der Waals surface area contributed by atoms with Crippen molar-refractivity contribution in [1.29, 1.82) is 0 Å². The molecule has 0 radical (unpaired) electrons. The average molecular weight is 384 g/mol. The highest BCUT2D eigenvalue weighted by Gasteiger charge is 2.30. The van der Waals surface area contributed by atoms with Crippen molar-refractivity contribution in [2.45, 2.75) is 44.8 Å². The highest BCUT2D eigenvalue weighted by Crippen LogP contribution is 2.28. The molecule has 1 aliphatic carbocycles. The Labute approximate surface area is 163 Å². The monoisotopic (exact) mass is 384 g/mol. The first-order valence-corrected chi connectivity index (χ1v) is 10.2. The summed E-state index contributed by atoms with van der Waals surface area (Å²) in [6.07, 6.45) is 3.40. The second kappa shape index (κ2) is 10.3. The van der Waals surface area contributed by atoms with Crippen LogP contribution < -0.4 is 4.74 Å². The van der Waals surface area contributed by atoms with E-state index in [2.05, 4.69) is 24.0 Å². The molecule has 1 aliphatic rings. The van der Waals surface area contributed by atoms with Crippen molar-refractivity contribution in [3.63, 3.8) is 0 Å². The topological polar surface area (TPSA) is 44.8 Å². The fourth-order valence-corrected chi connectivity index (χ4v) is 3.75. The number of rotatable bonds is 7. The highest BCUT2D eigenvalue weighted by atomic mass is 32.2. The van der Waals surface area contributed by atoms with Gasteiger partial charge in [-0.1, -0.05) is 54.8 Å². The van der Waals surface area contributed by atoms with E-state index in [1.807, 2.05) is 42.5 Å². The highest BCUT2D eigenvalue weighted by molar-refractivity contribution is 7.75. The summed E-state index contributed by atoms with van der Waals surface area (Å²) < 4.78 is 28.7. The van der Waals surface area contributed by atoms with Gasteiger partial charge in [-0.25, -0.2) is 0 Å². The average Bonchev–Trinajstić information content (AvgIpc) is 2.71. The summed E-state index contributed by atoms with van der Waals surface area (Å²) in [5.74, 6) is 6.19. The van der Waals surface area contributed by atoms with Gasteiger partial charge < -0.3 is 4.74 Å². The van der Waals surface area contributed by atoms with E-state index in [9.17, 15) is 4.21 Å². The van der Waals surface area contributed by atoms with Crippen LogP contribution in [0, 0.1) is 11.8 Å². The normalized spacial score (nSPS) is 20.3. The van der Waals surface area contributed by atoms with E-state index >= 15 is 0 Å². The quantitative estimate of drug-likeness (QED) is 0.650. The van der Waals surface area contributed by atoms with Crippen LogP contribution in [0.1, 0.15) is 32.6 Å². The lowest BCUT2D eigenvalue weighted by Gasteiger charge is -2.30.